The molecule has 12 atom stereocenters. The summed E-state index contributed by atoms with van der Waals surface area (Å²) in [5.74, 6) is 0.945. The van der Waals surface area contributed by atoms with Crippen molar-refractivity contribution in [3.05, 3.63) is 141 Å². The van der Waals surface area contributed by atoms with Gasteiger partial charge in [0.15, 0.2) is 0 Å². The van der Waals surface area contributed by atoms with Gasteiger partial charge in [-0.15, -0.1) is 0 Å². The van der Waals surface area contributed by atoms with Crippen molar-refractivity contribution in [2.24, 2.45) is 35.5 Å². The zero-order chi connectivity index (χ0) is 58.1. The van der Waals surface area contributed by atoms with Gasteiger partial charge in [0.1, 0.15) is 11.5 Å². The molecule has 14 rings (SSSR count). The maximum atomic E-state index is 13.4. The summed E-state index contributed by atoms with van der Waals surface area (Å²) in [7, 11) is -7.72. The number of sulfonamides is 2. The number of hydrogen-bond acceptors (Lipinski definition) is 12. The largest absolute Gasteiger partial charge is 0.490 e. The molecule has 4 aromatic rings. The molecule has 0 saturated heterocycles. The Hall–Kier alpha value is -5.10. The van der Waals surface area contributed by atoms with E-state index < -0.39 is 54.6 Å². The number of ether oxygens (including phenoxy) is 2. The average Bonchev–Trinajstić information content (AvgIpc) is 2.24. The minimum absolute atomic E-state index is 0.0655. The number of halogens is 2. The van der Waals surface area contributed by atoms with Crippen molar-refractivity contribution in [1.82, 2.24) is 9.44 Å². The second-order valence-corrected chi connectivity index (χ2v) is 31.0. The first-order chi connectivity index (χ1) is 40.4. The molecule has 4 bridgehead atoms. The number of aliphatic hydroxyl groups excluding tert-OH is 2. The number of fused-ring (bicyclic) bond motifs is 10. The molecule has 0 aromatic heterocycles. The molecule has 0 unspecified atom stereocenters. The van der Waals surface area contributed by atoms with E-state index in [0.29, 0.717) is 86.4 Å². The Morgan fingerprint density at radius 2 is 0.964 bits per heavy atom. The van der Waals surface area contributed by atoms with E-state index in [4.69, 9.17) is 32.7 Å². The number of nitrogens with zero attached hydrogens (tertiary/aromatic N) is 2. The maximum absolute atomic E-state index is 13.4. The molecule has 2 amide bonds. The van der Waals surface area contributed by atoms with Crippen LogP contribution < -0.4 is 28.7 Å². The van der Waals surface area contributed by atoms with Crippen LogP contribution in [0.1, 0.15) is 146 Å². The molecule has 6 aliphatic carbocycles. The number of benzene rings is 4. The van der Waals surface area contributed by atoms with Crippen LogP contribution in [0.15, 0.2) is 97.1 Å². The van der Waals surface area contributed by atoms with Gasteiger partial charge in [-0.05, 0) is 221 Å². The van der Waals surface area contributed by atoms with Crippen LogP contribution in [0.5, 0.6) is 11.5 Å². The van der Waals surface area contributed by atoms with E-state index in [1.807, 2.05) is 48.6 Å². The summed E-state index contributed by atoms with van der Waals surface area (Å²) in [4.78, 5) is 31.5. The number of hydrogen-bond donors (Lipinski definition) is 4. The van der Waals surface area contributed by atoms with E-state index in [0.717, 1.165) is 124 Å². The van der Waals surface area contributed by atoms with Crippen molar-refractivity contribution in [3.8, 4) is 11.5 Å². The quantitative estimate of drug-likeness (QED) is 0.122. The molecule has 4 aromatic carbocycles. The molecule has 84 heavy (non-hydrogen) atoms. The molecule has 2 spiro atoms. The first-order valence-corrected chi connectivity index (χ1v) is 34.7. The monoisotopic (exact) mass is 1220 g/mol. The lowest BCUT2D eigenvalue weighted by atomic mass is 9.68. The molecule has 4 aliphatic heterocycles. The third kappa shape index (κ3) is 11.2. The van der Waals surface area contributed by atoms with Crippen LogP contribution in [0.2, 0.25) is 10.0 Å². The fourth-order valence-electron chi connectivity index (χ4n) is 16.6. The Labute approximate surface area is 504 Å². The van der Waals surface area contributed by atoms with Crippen LogP contribution in [-0.4, -0.2) is 101 Å². The molecular weight excluding hydrogens is 1140 g/mol. The summed E-state index contributed by atoms with van der Waals surface area (Å²) in [6.07, 6.45) is 22.0. The number of anilines is 2. The van der Waals surface area contributed by atoms with E-state index in [2.05, 4.69) is 43.5 Å². The van der Waals surface area contributed by atoms with E-state index in [-0.39, 0.29) is 34.5 Å². The summed E-state index contributed by atoms with van der Waals surface area (Å²) in [5.41, 5.74) is 6.78. The molecule has 448 valence electrons. The zero-order valence-electron chi connectivity index (χ0n) is 47.6. The minimum atomic E-state index is -3.86. The lowest BCUT2D eigenvalue weighted by molar-refractivity contribution is 0.0454. The van der Waals surface area contributed by atoms with Gasteiger partial charge in [-0.1, -0.05) is 72.5 Å². The highest BCUT2D eigenvalue weighted by Gasteiger charge is 2.48. The van der Waals surface area contributed by atoms with Gasteiger partial charge in [-0.3, -0.25) is 9.59 Å². The predicted octanol–water partition coefficient (Wildman–Crippen LogP) is 10.8. The Balaban J connectivity index is 0.000000157. The van der Waals surface area contributed by atoms with Gasteiger partial charge in [0.05, 0.1) is 47.3 Å². The number of rotatable bonds is 0. The first kappa shape index (κ1) is 57.9. The van der Waals surface area contributed by atoms with Gasteiger partial charge < -0.3 is 29.5 Å². The SMILES string of the molecule is O=C1NS(=O)(=O)[C@@H]2CCC[C@@H]2C/C=C/[C@H](O)[C@@H]2CC[C@H]2CN2C[C@@]3(CCCc4cc(Cl)ccc43)COc3ccc1cc32.O=C1NS(=O)(=O)[C@H]2CCC[C@H]2C/C=C/[C@H](O)[C@@H]2CC[C@H]2CN2C[C@@]3(CCCc4cc(Cl)ccc43)COc3ccc1cc32. The van der Waals surface area contributed by atoms with Crippen LogP contribution >= 0.6 is 23.2 Å². The Morgan fingerprint density at radius 1 is 0.524 bits per heavy atom. The van der Waals surface area contributed by atoms with Gasteiger partial charge >= 0.3 is 0 Å². The second-order valence-electron chi connectivity index (χ2n) is 26.3. The van der Waals surface area contributed by atoms with Crippen molar-refractivity contribution in [1.29, 1.82) is 0 Å². The van der Waals surface area contributed by atoms with Gasteiger partial charge in [-0.25, -0.2) is 26.3 Å². The van der Waals surface area contributed by atoms with Gasteiger partial charge in [0, 0.05) is 58.2 Å². The summed E-state index contributed by atoms with van der Waals surface area (Å²) < 4.78 is 71.5. The molecule has 10 aliphatic rings. The highest BCUT2D eigenvalue weighted by atomic mass is 35.5. The molecule has 14 nitrogen and oxygen atoms in total. The number of carbonyl (C=O) groups excluding carboxylic acids is 2. The van der Waals surface area contributed by atoms with E-state index in [1.165, 1.54) is 22.3 Å². The molecule has 4 N–H and O–H groups in total. The van der Waals surface area contributed by atoms with Gasteiger partial charge in [0.25, 0.3) is 11.8 Å². The van der Waals surface area contributed by atoms with Crippen LogP contribution in [0.4, 0.5) is 11.4 Å². The highest BCUT2D eigenvalue weighted by molar-refractivity contribution is 7.91. The summed E-state index contributed by atoms with van der Waals surface area (Å²) in [5, 5.41) is 22.6. The fourth-order valence-corrected chi connectivity index (χ4v) is 20.5. The molecule has 0 radical (unpaired) electrons. The zero-order valence-corrected chi connectivity index (χ0v) is 50.8. The van der Waals surface area contributed by atoms with Crippen molar-refractivity contribution in [2.75, 3.05) is 49.2 Å². The van der Waals surface area contributed by atoms with Crippen molar-refractivity contribution in [3.63, 3.8) is 0 Å². The number of carbonyl (C=O) groups is 2. The summed E-state index contributed by atoms with van der Waals surface area (Å²) >= 11 is 12.8. The van der Waals surface area contributed by atoms with Crippen molar-refractivity contribution < 1.29 is 46.1 Å². The molecule has 4 heterocycles. The van der Waals surface area contributed by atoms with Crippen LogP contribution in [0.3, 0.4) is 0 Å². The number of amides is 2. The maximum Gasteiger partial charge on any atom is 0.264 e. The summed E-state index contributed by atoms with van der Waals surface area (Å²) in [6, 6.07) is 22.9. The molecular formula is C66H78Cl2N4O10S2. The fraction of sp³-hybridized carbons (Fsp3) is 0.545. The van der Waals surface area contributed by atoms with Crippen LogP contribution in [-0.2, 0) is 43.7 Å². The third-order valence-corrected chi connectivity index (χ3v) is 25.6. The smallest absolute Gasteiger partial charge is 0.264 e. The second kappa shape index (κ2) is 23.2. The molecule has 4 fully saturated rings. The lowest BCUT2D eigenvalue weighted by Gasteiger charge is -2.45. The van der Waals surface area contributed by atoms with E-state index in [9.17, 15) is 36.6 Å². The number of allylic oxidation sites excluding steroid dienone is 2. The molecule has 4 saturated carbocycles. The normalized spacial score (nSPS) is 34.6. The summed E-state index contributed by atoms with van der Waals surface area (Å²) in [6.45, 7) is 3.88. The Morgan fingerprint density at radius 3 is 1.38 bits per heavy atom. The predicted molar refractivity (Wildman–Crippen MR) is 327 cm³/mol. The number of aliphatic hydroxyl groups is 2. The van der Waals surface area contributed by atoms with Gasteiger partial charge in [-0.2, -0.15) is 0 Å². The van der Waals surface area contributed by atoms with Crippen LogP contribution in [0, 0.1) is 35.5 Å². The molecule has 18 heteroatoms. The Kier molecular flexibility index (Phi) is 16.0. The minimum Gasteiger partial charge on any atom is -0.490 e. The van der Waals surface area contributed by atoms with E-state index in [1.54, 1.807) is 24.3 Å². The topological polar surface area (TPSA) is 192 Å². The number of aryl methyl sites for hydroxylation is 2. The third-order valence-electron chi connectivity index (χ3n) is 21.3. The average molecular weight is 1220 g/mol. The standard InChI is InChI=1S/2C33H39ClN2O5S/c2*34-25-11-13-27-22(16-25)6-3-15-33(27)19-36-18-24-9-12-26(24)29(37)7-1-4-21-5-2-8-31(21)42(39,40)35-32(38)23-10-14-30(41-20-33)28(36)17-23/h2*1,7,10-11,13-14,16-17,21,24,26,29,31,37H,2-6,8-9,12,15,18-20H2,(H,35,38)/b2*7-1+/t21-,24+,26-,29+,31+,33+;21-,24-,26+,29-,31+,33-/m10/s1. The van der Waals surface area contributed by atoms with Crippen LogP contribution in [0.25, 0.3) is 0 Å². The van der Waals surface area contributed by atoms with Crippen molar-refractivity contribution >= 4 is 66.4 Å². The Bertz CT molecular complexity index is 3280. The first-order valence-electron chi connectivity index (χ1n) is 30.9. The van der Waals surface area contributed by atoms with E-state index >= 15 is 0 Å². The number of nitrogens with one attached hydrogen (secondary N) is 2. The highest BCUT2D eigenvalue weighted by Crippen LogP contribution is 2.50. The van der Waals surface area contributed by atoms with Gasteiger partial charge in [0.2, 0.25) is 20.0 Å². The van der Waals surface area contributed by atoms with Crippen molar-refractivity contribution in [2.45, 2.75) is 149 Å². The lowest BCUT2D eigenvalue weighted by Crippen LogP contribution is -2.49.